The van der Waals surface area contributed by atoms with Crippen molar-refractivity contribution in [1.82, 2.24) is 10.2 Å². The predicted molar refractivity (Wildman–Crippen MR) is 87.0 cm³/mol. The van der Waals surface area contributed by atoms with Crippen molar-refractivity contribution in [2.45, 2.75) is 32.8 Å². The third-order valence-corrected chi connectivity index (χ3v) is 3.30. The second kappa shape index (κ2) is 9.41. The summed E-state index contributed by atoms with van der Waals surface area (Å²) >= 11 is 0. The number of rotatable bonds is 3. The largest absolute Gasteiger partial charge is 0.462 e. The van der Waals surface area contributed by atoms with E-state index in [4.69, 9.17) is 0 Å². The minimum Gasteiger partial charge on any atom is -0.462 e. The zero-order valence-electron chi connectivity index (χ0n) is 14.5. The van der Waals surface area contributed by atoms with Gasteiger partial charge in [0.05, 0.1) is 11.1 Å². The Kier molecular flexibility index (Phi) is 7.89. The minimum atomic E-state index is -2.92. The van der Waals surface area contributed by atoms with Gasteiger partial charge in [0, 0.05) is 26.2 Å². The number of alkyl halides is 2. The molecule has 140 valence electrons. The fraction of sp³-hybridized carbons (Fsp3) is 0.529. The van der Waals surface area contributed by atoms with Gasteiger partial charge >= 0.3 is 0 Å². The number of carbonyl (C=O) groups is 2. The first-order valence-corrected chi connectivity index (χ1v) is 7.85. The Balaban J connectivity index is 0.000000381. The molecule has 1 aromatic rings. The van der Waals surface area contributed by atoms with Crippen LogP contribution >= 0.6 is 0 Å². The van der Waals surface area contributed by atoms with Crippen LogP contribution in [0, 0.1) is 5.82 Å². The SMILES string of the molecule is CC(C)(C)OC=O.O=C(c1cccc(C(F)F)c1F)N1CCNCC1. The molecule has 1 saturated heterocycles. The lowest BCUT2D eigenvalue weighted by atomic mass is 10.1. The van der Waals surface area contributed by atoms with Crippen LogP contribution in [-0.2, 0) is 9.53 Å². The van der Waals surface area contributed by atoms with E-state index in [0.717, 1.165) is 6.07 Å². The molecule has 0 radical (unpaired) electrons. The maximum atomic E-state index is 13.8. The van der Waals surface area contributed by atoms with Gasteiger partial charge in [0.25, 0.3) is 18.8 Å². The van der Waals surface area contributed by atoms with Crippen LogP contribution in [0.1, 0.15) is 43.1 Å². The number of nitrogens with zero attached hydrogens (tertiary/aromatic N) is 1. The molecule has 1 heterocycles. The number of hydrogen-bond acceptors (Lipinski definition) is 4. The number of halogens is 3. The van der Waals surface area contributed by atoms with Crippen LogP contribution in [-0.4, -0.2) is 49.1 Å². The molecule has 0 saturated carbocycles. The van der Waals surface area contributed by atoms with E-state index in [1.165, 1.54) is 17.0 Å². The summed E-state index contributed by atoms with van der Waals surface area (Å²) < 4.78 is 43.4. The van der Waals surface area contributed by atoms with Gasteiger partial charge in [-0.3, -0.25) is 9.59 Å². The Hall–Kier alpha value is -2.09. The van der Waals surface area contributed by atoms with Gasteiger partial charge in [0.2, 0.25) is 0 Å². The highest BCUT2D eigenvalue weighted by molar-refractivity contribution is 5.94. The molecular weight excluding hydrogens is 337 g/mol. The molecule has 1 aliphatic heterocycles. The van der Waals surface area contributed by atoms with Gasteiger partial charge in [-0.25, -0.2) is 13.2 Å². The van der Waals surface area contributed by atoms with E-state index in [9.17, 15) is 22.8 Å². The molecular formula is C17H23F3N2O3. The molecule has 0 spiro atoms. The van der Waals surface area contributed by atoms with Crippen molar-refractivity contribution in [3.05, 3.63) is 35.1 Å². The topological polar surface area (TPSA) is 58.6 Å². The van der Waals surface area contributed by atoms with Gasteiger partial charge in [-0.1, -0.05) is 12.1 Å². The molecule has 1 aromatic carbocycles. The number of piperazine rings is 1. The fourth-order valence-electron chi connectivity index (χ4n) is 2.07. The van der Waals surface area contributed by atoms with Crippen LogP contribution in [0.4, 0.5) is 13.2 Å². The van der Waals surface area contributed by atoms with Gasteiger partial charge < -0.3 is 15.0 Å². The molecule has 2 rings (SSSR count). The highest BCUT2D eigenvalue weighted by Gasteiger charge is 2.24. The quantitative estimate of drug-likeness (QED) is 0.842. The normalized spacial score (nSPS) is 14.6. The Morgan fingerprint density at radius 2 is 1.88 bits per heavy atom. The number of benzene rings is 1. The zero-order chi connectivity index (χ0) is 19.0. The standard InChI is InChI=1S/C12H13F3N2O.C5H10O2/c13-10-8(11(14)15)2-1-3-9(10)12(18)17-6-4-16-5-7-17;1-5(2,3)7-4-6/h1-3,11,16H,4-7H2;4H,1-3H3. The molecule has 8 heteroatoms. The first-order valence-electron chi connectivity index (χ1n) is 7.85. The van der Waals surface area contributed by atoms with E-state index >= 15 is 0 Å². The number of hydrogen-bond donors (Lipinski definition) is 1. The average Bonchev–Trinajstić information content (AvgIpc) is 2.54. The summed E-state index contributed by atoms with van der Waals surface area (Å²) in [5, 5.41) is 3.06. The summed E-state index contributed by atoms with van der Waals surface area (Å²) in [6.45, 7) is 8.09. The first kappa shape index (κ1) is 21.0. The number of nitrogens with one attached hydrogen (secondary N) is 1. The number of carbonyl (C=O) groups excluding carboxylic acids is 2. The smallest absolute Gasteiger partial charge is 0.293 e. The molecule has 0 bridgehead atoms. The summed E-state index contributed by atoms with van der Waals surface area (Å²) in [5.74, 6) is -1.65. The minimum absolute atomic E-state index is 0.283. The van der Waals surface area contributed by atoms with Gasteiger partial charge in [-0.2, -0.15) is 0 Å². The van der Waals surface area contributed by atoms with Crippen molar-refractivity contribution >= 4 is 12.4 Å². The highest BCUT2D eigenvalue weighted by Crippen LogP contribution is 2.24. The molecule has 0 unspecified atom stereocenters. The van der Waals surface area contributed by atoms with Crippen LogP contribution in [0.25, 0.3) is 0 Å². The van der Waals surface area contributed by atoms with Crippen molar-refractivity contribution in [3.8, 4) is 0 Å². The second-order valence-corrected chi connectivity index (χ2v) is 6.38. The number of amides is 1. The monoisotopic (exact) mass is 360 g/mol. The summed E-state index contributed by atoms with van der Waals surface area (Å²) in [6, 6.07) is 3.51. The van der Waals surface area contributed by atoms with Crippen LogP contribution in [0.5, 0.6) is 0 Å². The van der Waals surface area contributed by atoms with E-state index in [-0.39, 0.29) is 11.2 Å². The summed E-state index contributed by atoms with van der Waals surface area (Å²) in [5.41, 5.74) is -1.33. The van der Waals surface area contributed by atoms with Crippen molar-refractivity contribution in [3.63, 3.8) is 0 Å². The van der Waals surface area contributed by atoms with Gasteiger partial charge in [-0.15, -0.1) is 0 Å². The molecule has 0 aromatic heterocycles. The molecule has 1 N–H and O–H groups in total. The van der Waals surface area contributed by atoms with Crippen LogP contribution in [0.2, 0.25) is 0 Å². The zero-order valence-corrected chi connectivity index (χ0v) is 14.5. The fourth-order valence-corrected chi connectivity index (χ4v) is 2.07. The van der Waals surface area contributed by atoms with Crippen molar-refractivity contribution in [2.75, 3.05) is 26.2 Å². The van der Waals surface area contributed by atoms with Crippen molar-refractivity contribution < 1.29 is 27.5 Å². The van der Waals surface area contributed by atoms with Crippen LogP contribution in [0.3, 0.4) is 0 Å². The lowest BCUT2D eigenvalue weighted by Crippen LogP contribution is -2.46. The van der Waals surface area contributed by atoms with Crippen LogP contribution in [0.15, 0.2) is 18.2 Å². The Labute approximate surface area is 145 Å². The molecule has 0 atom stereocenters. The third kappa shape index (κ3) is 6.74. The summed E-state index contributed by atoms with van der Waals surface area (Å²) in [6.07, 6.45) is -2.92. The molecule has 0 aliphatic carbocycles. The maximum absolute atomic E-state index is 13.8. The average molecular weight is 360 g/mol. The lowest BCUT2D eigenvalue weighted by molar-refractivity contribution is -0.138. The number of ether oxygens (including phenoxy) is 1. The Morgan fingerprint density at radius 1 is 1.28 bits per heavy atom. The lowest BCUT2D eigenvalue weighted by Gasteiger charge is -2.27. The molecule has 1 amide bonds. The third-order valence-electron chi connectivity index (χ3n) is 3.30. The maximum Gasteiger partial charge on any atom is 0.293 e. The summed E-state index contributed by atoms with van der Waals surface area (Å²) in [4.78, 5) is 23.1. The first-order chi connectivity index (χ1) is 11.7. The Morgan fingerprint density at radius 3 is 2.32 bits per heavy atom. The van der Waals surface area contributed by atoms with E-state index < -0.39 is 23.7 Å². The van der Waals surface area contributed by atoms with Gasteiger partial charge in [0.1, 0.15) is 11.4 Å². The molecule has 5 nitrogen and oxygen atoms in total. The van der Waals surface area contributed by atoms with Crippen molar-refractivity contribution in [1.29, 1.82) is 0 Å². The highest BCUT2D eigenvalue weighted by atomic mass is 19.3. The van der Waals surface area contributed by atoms with E-state index in [0.29, 0.717) is 32.7 Å². The molecule has 1 aliphatic rings. The van der Waals surface area contributed by atoms with Gasteiger partial charge in [0.15, 0.2) is 0 Å². The van der Waals surface area contributed by atoms with Gasteiger partial charge in [-0.05, 0) is 26.8 Å². The Bertz CT molecular complexity index is 583. The van der Waals surface area contributed by atoms with Crippen LogP contribution < -0.4 is 5.32 Å². The molecule has 1 fully saturated rings. The second-order valence-electron chi connectivity index (χ2n) is 6.38. The van der Waals surface area contributed by atoms with E-state index in [2.05, 4.69) is 10.1 Å². The van der Waals surface area contributed by atoms with E-state index in [1.54, 1.807) is 0 Å². The van der Waals surface area contributed by atoms with E-state index in [1.807, 2.05) is 20.8 Å². The molecule has 25 heavy (non-hydrogen) atoms. The predicted octanol–water partition coefficient (Wildman–Crippen LogP) is 2.77. The van der Waals surface area contributed by atoms with Crippen molar-refractivity contribution in [2.24, 2.45) is 0 Å². The summed E-state index contributed by atoms with van der Waals surface area (Å²) in [7, 11) is 0.